The lowest BCUT2D eigenvalue weighted by Gasteiger charge is -2.24. The van der Waals surface area contributed by atoms with Crippen molar-refractivity contribution in [2.75, 3.05) is 19.7 Å². The average molecular weight is 269 g/mol. The van der Waals surface area contributed by atoms with Crippen molar-refractivity contribution in [3.8, 4) is 0 Å². The number of amides is 3. The molecule has 1 atom stereocenters. The third-order valence-electron chi connectivity index (χ3n) is 3.31. The van der Waals surface area contributed by atoms with Gasteiger partial charge < -0.3 is 15.4 Å². The molecule has 2 saturated heterocycles. The molecule has 0 saturated carbocycles. The summed E-state index contributed by atoms with van der Waals surface area (Å²) < 4.78 is 5.49. The molecule has 1 unspecified atom stereocenters. The second-order valence-corrected chi connectivity index (χ2v) is 4.83. The maximum absolute atomic E-state index is 11.7. The van der Waals surface area contributed by atoms with Gasteiger partial charge in [-0.15, -0.1) is 0 Å². The van der Waals surface area contributed by atoms with Gasteiger partial charge in [0, 0.05) is 6.42 Å². The molecule has 106 valence electrons. The van der Waals surface area contributed by atoms with Crippen LogP contribution in [0.3, 0.4) is 0 Å². The summed E-state index contributed by atoms with van der Waals surface area (Å²) in [6.07, 6.45) is 2.50. The van der Waals surface area contributed by atoms with Gasteiger partial charge in [0.1, 0.15) is 12.6 Å². The SMILES string of the molecule is O=C1CCC(NC(=O)COC2CCNCC2)C(=O)N1. The minimum atomic E-state index is -0.623. The number of carbonyl (C=O) groups is 3. The molecule has 0 radical (unpaired) electrons. The van der Waals surface area contributed by atoms with Crippen LogP contribution in [-0.4, -0.2) is 49.6 Å². The van der Waals surface area contributed by atoms with Gasteiger partial charge in [-0.3, -0.25) is 19.7 Å². The van der Waals surface area contributed by atoms with Gasteiger partial charge in [0.2, 0.25) is 17.7 Å². The number of ether oxygens (including phenoxy) is 1. The fourth-order valence-electron chi connectivity index (χ4n) is 2.22. The molecule has 0 aromatic rings. The largest absolute Gasteiger partial charge is 0.368 e. The fourth-order valence-corrected chi connectivity index (χ4v) is 2.22. The van der Waals surface area contributed by atoms with Crippen molar-refractivity contribution in [2.45, 2.75) is 37.8 Å². The zero-order valence-corrected chi connectivity index (χ0v) is 10.7. The monoisotopic (exact) mass is 269 g/mol. The van der Waals surface area contributed by atoms with Gasteiger partial charge in [0.15, 0.2) is 0 Å². The van der Waals surface area contributed by atoms with E-state index in [1.165, 1.54) is 0 Å². The molecule has 7 nitrogen and oxygen atoms in total. The van der Waals surface area contributed by atoms with Crippen molar-refractivity contribution in [3.63, 3.8) is 0 Å². The smallest absolute Gasteiger partial charge is 0.249 e. The Morgan fingerprint density at radius 1 is 1.26 bits per heavy atom. The van der Waals surface area contributed by atoms with Gasteiger partial charge in [-0.1, -0.05) is 0 Å². The molecule has 2 fully saturated rings. The van der Waals surface area contributed by atoms with Crippen LogP contribution in [-0.2, 0) is 19.1 Å². The lowest BCUT2D eigenvalue weighted by atomic mass is 10.1. The second kappa shape index (κ2) is 6.63. The van der Waals surface area contributed by atoms with E-state index in [1.807, 2.05) is 0 Å². The highest BCUT2D eigenvalue weighted by Gasteiger charge is 2.27. The van der Waals surface area contributed by atoms with Crippen molar-refractivity contribution in [1.82, 2.24) is 16.0 Å². The molecule has 3 N–H and O–H groups in total. The Morgan fingerprint density at radius 2 is 2.00 bits per heavy atom. The van der Waals surface area contributed by atoms with Crippen LogP contribution in [0.1, 0.15) is 25.7 Å². The van der Waals surface area contributed by atoms with Crippen LogP contribution >= 0.6 is 0 Å². The van der Waals surface area contributed by atoms with Crippen molar-refractivity contribution < 1.29 is 19.1 Å². The van der Waals surface area contributed by atoms with Crippen molar-refractivity contribution in [2.24, 2.45) is 0 Å². The summed E-state index contributed by atoms with van der Waals surface area (Å²) in [4.78, 5) is 34.1. The summed E-state index contributed by atoms with van der Waals surface area (Å²) in [6, 6.07) is -0.623. The zero-order valence-electron chi connectivity index (χ0n) is 10.7. The third-order valence-corrected chi connectivity index (χ3v) is 3.31. The number of imide groups is 1. The fraction of sp³-hybridized carbons (Fsp3) is 0.750. The van der Waals surface area contributed by atoms with Crippen LogP contribution in [0, 0.1) is 0 Å². The van der Waals surface area contributed by atoms with E-state index in [-0.39, 0.29) is 30.9 Å². The molecule has 0 aromatic carbocycles. The Bertz CT molecular complexity index is 366. The van der Waals surface area contributed by atoms with Gasteiger partial charge in [-0.2, -0.15) is 0 Å². The molecule has 19 heavy (non-hydrogen) atoms. The van der Waals surface area contributed by atoms with E-state index in [1.54, 1.807) is 0 Å². The predicted octanol–water partition coefficient (Wildman–Crippen LogP) is -1.32. The van der Waals surface area contributed by atoms with E-state index >= 15 is 0 Å². The highest BCUT2D eigenvalue weighted by Crippen LogP contribution is 2.07. The van der Waals surface area contributed by atoms with Gasteiger partial charge in [0.05, 0.1) is 6.10 Å². The molecule has 2 rings (SSSR count). The topological polar surface area (TPSA) is 96.5 Å². The summed E-state index contributed by atoms with van der Waals surface area (Å²) in [6.45, 7) is 1.77. The highest BCUT2D eigenvalue weighted by molar-refractivity contribution is 6.01. The molecule has 3 amide bonds. The zero-order chi connectivity index (χ0) is 13.7. The summed E-state index contributed by atoms with van der Waals surface area (Å²) in [5.74, 6) is -1.04. The minimum Gasteiger partial charge on any atom is -0.368 e. The van der Waals surface area contributed by atoms with Gasteiger partial charge in [-0.25, -0.2) is 0 Å². The van der Waals surface area contributed by atoms with Crippen LogP contribution < -0.4 is 16.0 Å². The van der Waals surface area contributed by atoms with E-state index in [0.29, 0.717) is 6.42 Å². The number of carbonyl (C=O) groups excluding carboxylic acids is 3. The maximum Gasteiger partial charge on any atom is 0.249 e. The summed E-state index contributed by atoms with van der Waals surface area (Å²) >= 11 is 0. The van der Waals surface area contributed by atoms with E-state index in [9.17, 15) is 14.4 Å². The first-order valence-corrected chi connectivity index (χ1v) is 6.60. The van der Waals surface area contributed by atoms with Crippen molar-refractivity contribution in [3.05, 3.63) is 0 Å². The molecule has 2 aliphatic heterocycles. The first-order valence-electron chi connectivity index (χ1n) is 6.60. The van der Waals surface area contributed by atoms with Crippen LogP contribution in [0.15, 0.2) is 0 Å². The molecular weight excluding hydrogens is 250 g/mol. The van der Waals surface area contributed by atoms with E-state index in [0.717, 1.165) is 25.9 Å². The molecule has 0 spiro atoms. The van der Waals surface area contributed by atoms with Gasteiger partial charge in [-0.05, 0) is 32.4 Å². The minimum absolute atomic E-state index is 0.0393. The average Bonchev–Trinajstić information content (AvgIpc) is 2.41. The Kier molecular flexibility index (Phi) is 4.86. The number of nitrogens with one attached hydrogen (secondary N) is 3. The Balaban J connectivity index is 1.68. The van der Waals surface area contributed by atoms with Gasteiger partial charge in [0.25, 0.3) is 0 Å². The second-order valence-electron chi connectivity index (χ2n) is 4.83. The highest BCUT2D eigenvalue weighted by atomic mass is 16.5. The van der Waals surface area contributed by atoms with Crippen molar-refractivity contribution in [1.29, 1.82) is 0 Å². The summed E-state index contributed by atoms with van der Waals surface area (Å²) in [7, 11) is 0. The molecule has 7 heteroatoms. The molecule has 0 aromatic heterocycles. The van der Waals surface area contributed by atoms with Gasteiger partial charge >= 0.3 is 0 Å². The van der Waals surface area contributed by atoms with Crippen molar-refractivity contribution >= 4 is 17.7 Å². The van der Waals surface area contributed by atoms with Crippen LogP contribution in [0.5, 0.6) is 0 Å². The van der Waals surface area contributed by atoms with Crippen LogP contribution in [0.2, 0.25) is 0 Å². The quantitative estimate of drug-likeness (QED) is 0.550. The number of hydrogen-bond acceptors (Lipinski definition) is 5. The normalized spacial score (nSPS) is 24.9. The van der Waals surface area contributed by atoms with Crippen LogP contribution in [0.4, 0.5) is 0 Å². The summed E-state index contributed by atoms with van der Waals surface area (Å²) in [5.41, 5.74) is 0. The maximum atomic E-state index is 11.7. The lowest BCUT2D eigenvalue weighted by Crippen LogP contribution is -2.53. The molecule has 0 bridgehead atoms. The van der Waals surface area contributed by atoms with Crippen LogP contribution in [0.25, 0.3) is 0 Å². The molecule has 2 heterocycles. The number of rotatable bonds is 4. The number of piperidine rings is 2. The van der Waals surface area contributed by atoms with E-state index in [4.69, 9.17) is 4.74 Å². The summed E-state index contributed by atoms with van der Waals surface area (Å²) in [5, 5.41) is 8.00. The Morgan fingerprint density at radius 3 is 2.68 bits per heavy atom. The standard InChI is InChI=1S/C12H19N3O4/c16-10-2-1-9(12(18)15-10)14-11(17)7-19-8-3-5-13-6-4-8/h8-9,13H,1-7H2,(H,14,17)(H,15,16,18). The first-order chi connectivity index (χ1) is 9.15. The molecule has 0 aliphatic carbocycles. The first kappa shape index (κ1) is 14.0. The molecular formula is C12H19N3O4. The number of hydrogen-bond donors (Lipinski definition) is 3. The Labute approximate surface area is 111 Å². The van der Waals surface area contributed by atoms with E-state index in [2.05, 4.69) is 16.0 Å². The predicted molar refractivity (Wildman–Crippen MR) is 66.2 cm³/mol. The lowest BCUT2D eigenvalue weighted by molar-refractivity contribution is -0.138. The molecule has 2 aliphatic rings. The Hall–Kier alpha value is -1.47. The van der Waals surface area contributed by atoms with E-state index < -0.39 is 11.9 Å². The third kappa shape index (κ3) is 4.29.